The van der Waals surface area contributed by atoms with Crippen LogP contribution in [-0.2, 0) is 18.4 Å². The molecule has 0 fully saturated rings. The van der Waals surface area contributed by atoms with Gasteiger partial charge in [0, 0.05) is 6.42 Å². The maximum Gasteiger partial charge on any atom is 0.268 e. The second kappa shape index (κ2) is 46.1. The number of carbonyl (C=O) groups is 1. The third kappa shape index (κ3) is 48.7. The first-order valence-electron chi connectivity index (χ1n) is 27.2. The van der Waals surface area contributed by atoms with Gasteiger partial charge in [-0.2, -0.15) is 0 Å². The van der Waals surface area contributed by atoms with E-state index < -0.39 is 20.0 Å². The number of unbranched alkanes of at least 4 members (excludes halogenated alkanes) is 35. The van der Waals surface area contributed by atoms with Gasteiger partial charge in [-0.05, 0) is 44.9 Å². The number of hydrogen-bond donors (Lipinski definition) is 2. The van der Waals surface area contributed by atoms with Crippen molar-refractivity contribution in [1.82, 2.24) is 5.32 Å². The van der Waals surface area contributed by atoms with Gasteiger partial charge in [0.05, 0.1) is 39.9 Å². The third-order valence-electron chi connectivity index (χ3n) is 12.4. The number of carbonyl (C=O) groups excluding carboxylic acids is 1. The van der Waals surface area contributed by atoms with Gasteiger partial charge in [0.15, 0.2) is 0 Å². The highest BCUT2D eigenvalue weighted by atomic mass is 31.2. The Bertz CT molecular complexity index is 1080. The van der Waals surface area contributed by atoms with Crippen molar-refractivity contribution in [3.63, 3.8) is 0 Å². The van der Waals surface area contributed by atoms with E-state index in [1.807, 2.05) is 27.2 Å². The molecule has 0 aliphatic carbocycles. The van der Waals surface area contributed by atoms with E-state index in [-0.39, 0.29) is 19.1 Å². The molecule has 374 valence electrons. The van der Waals surface area contributed by atoms with Gasteiger partial charge in [0.1, 0.15) is 13.2 Å². The van der Waals surface area contributed by atoms with Crippen molar-refractivity contribution in [2.45, 2.75) is 276 Å². The number of aliphatic hydroxyl groups is 1. The normalized spacial score (nSPS) is 14.2. The van der Waals surface area contributed by atoms with Gasteiger partial charge in [-0.25, -0.2) is 0 Å². The van der Waals surface area contributed by atoms with Gasteiger partial charge in [0.25, 0.3) is 7.82 Å². The Kier molecular flexibility index (Phi) is 45.4. The van der Waals surface area contributed by atoms with E-state index in [4.69, 9.17) is 9.05 Å². The SMILES string of the molecule is CCCCCCCCCCCCCC/C=C\CCCCCCCCCCC(=O)NC(COP(=O)([O-])OCC[N+](C)(C)C)C(O)/C=C/CCCCCCCCCCCCCCCCC. The first-order valence-corrected chi connectivity index (χ1v) is 28.7. The van der Waals surface area contributed by atoms with Crippen molar-refractivity contribution >= 4 is 13.7 Å². The summed E-state index contributed by atoms with van der Waals surface area (Å²) in [5, 5.41) is 13.9. The molecule has 9 heteroatoms. The summed E-state index contributed by atoms with van der Waals surface area (Å²) in [6, 6.07) is -0.886. The summed E-state index contributed by atoms with van der Waals surface area (Å²) in [5.74, 6) is -0.197. The van der Waals surface area contributed by atoms with E-state index in [1.54, 1.807) is 6.08 Å². The maximum atomic E-state index is 12.9. The van der Waals surface area contributed by atoms with Crippen molar-refractivity contribution < 1.29 is 32.9 Å². The summed E-state index contributed by atoms with van der Waals surface area (Å²) in [7, 11) is 1.27. The van der Waals surface area contributed by atoms with Crippen LogP contribution in [-0.4, -0.2) is 68.5 Å². The zero-order chi connectivity index (χ0) is 46.4. The number of phosphoric ester groups is 1. The van der Waals surface area contributed by atoms with Crippen LogP contribution in [0.3, 0.4) is 0 Å². The lowest BCUT2D eigenvalue weighted by Gasteiger charge is -2.29. The average molecular weight is 911 g/mol. The minimum absolute atomic E-state index is 0.0000771. The predicted molar refractivity (Wildman–Crippen MR) is 270 cm³/mol. The first-order chi connectivity index (χ1) is 30.5. The number of amides is 1. The number of nitrogens with zero attached hydrogens (tertiary/aromatic N) is 1. The molecule has 3 atom stereocenters. The monoisotopic (exact) mass is 911 g/mol. The van der Waals surface area contributed by atoms with Crippen LogP contribution in [0.1, 0.15) is 264 Å². The van der Waals surface area contributed by atoms with E-state index in [2.05, 4.69) is 31.3 Å². The second-order valence-electron chi connectivity index (χ2n) is 19.9. The van der Waals surface area contributed by atoms with Gasteiger partial charge < -0.3 is 28.8 Å². The molecule has 63 heavy (non-hydrogen) atoms. The zero-order valence-electron chi connectivity index (χ0n) is 42.5. The number of quaternary nitrogens is 1. The molecule has 1 amide bonds. The van der Waals surface area contributed by atoms with Crippen molar-refractivity contribution in [2.75, 3.05) is 40.9 Å². The summed E-state index contributed by atoms with van der Waals surface area (Å²) in [6.45, 7) is 4.68. The largest absolute Gasteiger partial charge is 0.756 e. The lowest BCUT2D eigenvalue weighted by molar-refractivity contribution is -0.870. The Morgan fingerprint density at radius 1 is 0.540 bits per heavy atom. The highest BCUT2D eigenvalue weighted by Gasteiger charge is 2.23. The van der Waals surface area contributed by atoms with Crippen molar-refractivity contribution in [2.24, 2.45) is 0 Å². The topological polar surface area (TPSA) is 108 Å². The van der Waals surface area contributed by atoms with Crippen molar-refractivity contribution in [3.8, 4) is 0 Å². The fraction of sp³-hybridized carbons (Fsp3) is 0.907. The summed E-state index contributed by atoms with van der Waals surface area (Å²) in [6.07, 6.45) is 56.7. The maximum absolute atomic E-state index is 12.9. The van der Waals surface area contributed by atoms with Crippen LogP contribution in [0.2, 0.25) is 0 Å². The minimum Gasteiger partial charge on any atom is -0.756 e. The van der Waals surface area contributed by atoms with Crippen LogP contribution < -0.4 is 10.2 Å². The van der Waals surface area contributed by atoms with E-state index in [9.17, 15) is 19.4 Å². The molecule has 0 heterocycles. The van der Waals surface area contributed by atoms with Gasteiger partial charge >= 0.3 is 0 Å². The summed E-state index contributed by atoms with van der Waals surface area (Å²) >= 11 is 0. The van der Waals surface area contributed by atoms with Crippen LogP contribution in [0.4, 0.5) is 0 Å². The molecule has 0 radical (unpaired) electrons. The second-order valence-corrected chi connectivity index (χ2v) is 21.3. The number of likely N-dealkylation sites (N-methyl/N-ethyl adjacent to an activating group) is 1. The van der Waals surface area contributed by atoms with E-state index in [0.29, 0.717) is 17.4 Å². The quantitative estimate of drug-likeness (QED) is 0.0272. The van der Waals surface area contributed by atoms with E-state index in [1.165, 1.54) is 205 Å². The lowest BCUT2D eigenvalue weighted by atomic mass is 10.0. The molecule has 0 aliphatic rings. The molecule has 2 N–H and O–H groups in total. The molecule has 0 aliphatic heterocycles. The number of rotatable bonds is 50. The Morgan fingerprint density at radius 3 is 1.24 bits per heavy atom. The van der Waals surface area contributed by atoms with Crippen LogP contribution in [0.5, 0.6) is 0 Å². The average Bonchev–Trinajstić information content (AvgIpc) is 3.24. The van der Waals surface area contributed by atoms with Crippen LogP contribution in [0.15, 0.2) is 24.3 Å². The molecule has 8 nitrogen and oxygen atoms in total. The fourth-order valence-electron chi connectivity index (χ4n) is 8.09. The molecule has 0 saturated carbocycles. The standard InChI is InChI=1S/C54H107N2O6P/c1-6-8-10-12-14-16-18-20-22-24-25-26-27-28-29-30-32-34-36-38-40-42-44-46-48-54(58)55-52(51-62-63(59,60)61-50-49-56(3,4)5)53(57)47-45-43-41-39-37-35-33-31-23-21-19-17-15-13-11-9-7-2/h28-29,45,47,52-53,57H,6-27,30-44,46,48-51H2,1-5H3,(H-,55,58,59,60)/b29-28-,47-45+. The third-order valence-corrected chi connectivity index (χ3v) is 13.4. The summed E-state index contributed by atoms with van der Waals surface area (Å²) in [5.41, 5.74) is 0. The number of aliphatic hydroxyl groups excluding tert-OH is 1. The molecule has 0 aromatic heterocycles. The molecular formula is C54H107N2O6P. The molecule has 0 saturated heterocycles. The van der Waals surface area contributed by atoms with E-state index in [0.717, 1.165) is 38.5 Å². The first kappa shape index (κ1) is 62.0. The van der Waals surface area contributed by atoms with Crippen LogP contribution >= 0.6 is 7.82 Å². The van der Waals surface area contributed by atoms with Gasteiger partial charge in [-0.1, -0.05) is 237 Å². The minimum atomic E-state index is -4.59. The van der Waals surface area contributed by atoms with E-state index >= 15 is 0 Å². The predicted octanol–water partition coefficient (Wildman–Crippen LogP) is 15.4. The van der Waals surface area contributed by atoms with Crippen LogP contribution in [0.25, 0.3) is 0 Å². The Balaban J connectivity index is 4.23. The van der Waals surface area contributed by atoms with Crippen molar-refractivity contribution in [1.29, 1.82) is 0 Å². The van der Waals surface area contributed by atoms with Crippen LogP contribution in [0, 0.1) is 0 Å². The molecule has 0 aromatic rings. The van der Waals surface area contributed by atoms with Gasteiger partial charge in [0.2, 0.25) is 5.91 Å². The molecule has 0 aromatic carbocycles. The Hall–Kier alpha value is -1.02. The summed E-state index contributed by atoms with van der Waals surface area (Å²) < 4.78 is 23.3. The summed E-state index contributed by atoms with van der Waals surface area (Å²) in [4.78, 5) is 25.4. The Morgan fingerprint density at radius 2 is 0.873 bits per heavy atom. The lowest BCUT2D eigenvalue weighted by Crippen LogP contribution is -2.45. The molecule has 0 rings (SSSR count). The smallest absolute Gasteiger partial charge is 0.268 e. The highest BCUT2D eigenvalue weighted by Crippen LogP contribution is 2.38. The van der Waals surface area contributed by atoms with Crippen molar-refractivity contribution in [3.05, 3.63) is 24.3 Å². The number of allylic oxidation sites excluding steroid dienone is 3. The zero-order valence-corrected chi connectivity index (χ0v) is 43.4. The number of phosphoric acid groups is 1. The molecular weight excluding hydrogens is 804 g/mol. The Labute approximate surface area is 392 Å². The molecule has 3 unspecified atom stereocenters. The molecule has 0 bridgehead atoms. The molecule has 0 spiro atoms. The number of nitrogens with one attached hydrogen (secondary N) is 1. The number of hydrogen-bond acceptors (Lipinski definition) is 6. The highest BCUT2D eigenvalue weighted by molar-refractivity contribution is 7.45. The fourth-order valence-corrected chi connectivity index (χ4v) is 8.81. The van der Waals surface area contributed by atoms with Gasteiger partial charge in [-0.3, -0.25) is 9.36 Å². The van der Waals surface area contributed by atoms with Gasteiger partial charge in [-0.15, -0.1) is 0 Å².